The Labute approximate surface area is 100 Å². The molecule has 0 spiro atoms. The van der Waals surface area contributed by atoms with Crippen LogP contribution in [0.3, 0.4) is 0 Å². The van der Waals surface area contributed by atoms with Crippen LogP contribution in [0.15, 0.2) is 0 Å². The lowest BCUT2D eigenvalue weighted by Crippen LogP contribution is -2.23. The van der Waals surface area contributed by atoms with Gasteiger partial charge in [0.1, 0.15) is 6.54 Å². The first-order chi connectivity index (χ1) is 8.16. The highest BCUT2D eigenvalue weighted by Gasteiger charge is 1.98. The van der Waals surface area contributed by atoms with Gasteiger partial charge in [-0.2, -0.15) is 5.48 Å². The fourth-order valence-electron chi connectivity index (χ4n) is 1.06. The van der Waals surface area contributed by atoms with Crippen LogP contribution >= 0.6 is 0 Å². The Morgan fingerprint density at radius 2 is 1.76 bits per heavy atom. The SMILES string of the molecule is NCC(=O)OCCCCCCONCC(=O)O. The molecule has 0 radical (unpaired) electrons. The maximum absolute atomic E-state index is 10.7. The van der Waals surface area contributed by atoms with Gasteiger partial charge in [-0.15, -0.1) is 0 Å². The molecule has 0 aromatic rings. The van der Waals surface area contributed by atoms with Gasteiger partial charge < -0.3 is 20.4 Å². The number of carbonyl (C=O) groups is 2. The zero-order chi connectivity index (χ0) is 12.9. The van der Waals surface area contributed by atoms with Crippen molar-refractivity contribution in [2.24, 2.45) is 5.73 Å². The van der Waals surface area contributed by atoms with Gasteiger partial charge in [-0.05, 0) is 19.3 Å². The first-order valence-electron chi connectivity index (χ1n) is 5.59. The summed E-state index contributed by atoms with van der Waals surface area (Å²) in [6.07, 6.45) is 3.50. The summed E-state index contributed by atoms with van der Waals surface area (Å²) in [6, 6.07) is 0. The van der Waals surface area contributed by atoms with Gasteiger partial charge in [-0.25, -0.2) is 0 Å². The Bertz CT molecular complexity index is 223. The number of nitrogens with one attached hydrogen (secondary N) is 1. The van der Waals surface area contributed by atoms with E-state index in [2.05, 4.69) is 5.48 Å². The van der Waals surface area contributed by atoms with Crippen LogP contribution in [0.5, 0.6) is 0 Å². The Kier molecular flexibility index (Phi) is 10.5. The lowest BCUT2D eigenvalue weighted by Gasteiger charge is -2.04. The average Bonchev–Trinajstić information content (AvgIpc) is 2.30. The van der Waals surface area contributed by atoms with Crippen molar-refractivity contribution in [2.45, 2.75) is 25.7 Å². The molecule has 0 aromatic carbocycles. The maximum Gasteiger partial charge on any atom is 0.319 e. The Hall–Kier alpha value is -1.18. The number of nitrogens with two attached hydrogens (primary N) is 1. The normalized spacial score (nSPS) is 10.2. The van der Waals surface area contributed by atoms with Crippen molar-refractivity contribution < 1.29 is 24.3 Å². The highest BCUT2D eigenvalue weighted by Crippen LogP contribution is 2.00. The largest absolute Gasteiger partial charge is 0.480 e. The fraction of sp³-hybridized carbons (Fsp3) is 0.800. The minimum atomic E-state index is -0.952. The summed E-state index contributed by atoms with van der Waals surface area (Å²) in [7, 11) is 0. The number of esters is 1. The molecule has 0 aliphatic carbocycles. The van der Waals surface area contributed by atoms with Gasteiger partial charge in [-0.3, -0.25) is 9.59 Å². The molecule has 0 bridgehead atoms. The molecular weight excluding hydrogens is 228 g/mol. The molecule has 0 fully saturated rings. The number of carbonyl (C=O) groups excluding carboxylic acids is 1. The van der Waals surface area contributed by atoms with Gasteiger partial charge in [0, 0.05) is 0 Å². The summed E-state index contributed by atoms with van der Waals surface area (Å²) >= 11 is 0. The van der Waals surface area contributed by atoms with E-state index >= 15 is 0 Å². The highest BCUT2D eigenvalue weighted by molar-refractivity contribution is 5.71. The second-order valence-corrected chi connectivity index (χ2v) is 3.40. The molecular formula is C10H20N2O5. The van der Waals surface area contributed by atoms with Crippen molar-refractivity contribution in [2.75, 3.05) is 26.3 Å². The predicted octanol–water partition coefficient (Wildman–Crippen LogP) is -0.345. The predicted molar refractivity (Wildman–Crippen MR) is 60.1 cm³/mol. The number of aliphatic carboxylic acids is 1. The monoisotopic (exact) mass is 248 g/mol. The van der Waals surface area contributed by atoms with E-state index in [1.807, 2.05) is 0 Å². The smallest absolute Gasteiger partial charge is 0.319 e. The molecule has 0 aliphatic rings. The molecule has 0 aromatic heterocycles. The second-order valence-electron chi connectivity index (χ2n) is 3.40. The second kappa shape index (κ2) is 11.3. The molecule has 0 aliphatic heterocycles. The molecule has 0 rings (SSSR count). The van der Waals surface area contributed by atoms with Gasteiger partial charge in [-0.1, -0.05) is 6.42 Å². The zero-order valence-electron chi connectivity index (χ0n) is 9.81. The minimum absolute atomic E-state index is 0.0803. The van der Waals surface area contributed by atoms with Crippen LogP contribution in [0.4, 0.5) is 0 Å². The minimum Gasteiger partial charge on any atom is -0.480 e. The third-order valence-electron chi connectivity index (χ3n) is 1.90. The van der Waals surface area contributed by atoms with Crippen LogP contribution < -0.4 is 11.2 Å². The van der Waals surface area contributed by atoms with Gasteiger partial charge >= 0.3 is 11.9 Å². The van der Waals surface area contributed by atoms with Crippen LogP contribution in [0.2, 0.25) is 0 Å². The Morgan fingerprint density at radius 3 is 2.35 bits per heavy atom. The lowest BCUT2D eigenvalue weighted by atomic mass is 10.2. The molecule has 0 saturated carbocycles. The summed E-state index contributed by atoms with van der Waals surface area (Å²) in [4.78, 5) is 25.6. The van der Waals surface area contributed by atoms with Crippen molar-refractivity contribution >= 4 is 11.9 Å². The van der Waals surface area contributed by atoms with E-state index in [1.54, 1.807) is 0 Å². The van der Waals surface area contributed by atoms with Crippen molar-refractivity contribution in [1.29, 1.82) is 0 Å². The molecule has 0 atom stereocenters. The molecule has 7 heteroatoms. The molecule has 17 heavy (non-hydrogen) atoms. The van der Waals surface area contributed by atoms with E-state index in [0.29, 0.717) is 13.2 Å². The number of hydrogen-bond acceptors (Lipinski definition) is 6. The Morgan fingerprint density at radius 1 is 1.12 bits per heavy atom. The summed E-state index contributed by atoms with van der Waals surface area (Å²) < 4.78 is 4.79. The standard InChI is InChI=1S/C10H20N2O5/c11-7-10(15)16-5-3-1-2-4-6-17-12-8-9(13)14/h12H,1-8,11H2,(H,13,14). The number of unbranched alkanes of at least 4 members (excludes halogenated alkanes) is 3. The maximum atomic E-state index is 10.7. The molecule has 4 N–H and O–H groups in total. The quantitative estimate of drug-likeness (QED) is 0.260. The molecule has 7 nitrogen and oxygen atoms in total. The number of hydroxylamine groups is 1. The average molecular weight is 248 g/mol. The topological polar surface area (TPSA) is 111 Å². The first kappa shape index (κ1) is 15.8. The lowest BCUT2D eigenvalue weighted by molar-refractivity contribution is -0.142. The Balaban J connectivity index is 3.03. The number of hydrogen-bond donors (Lipinski definition) is 3. The van der Waals surface area contributed by atoms with E-state index in [0.717, 1.165) is 25.7 Å². The number of rotatable bonds is 11. The molecule has 0 unspecified atom stereocenters. The summed E-state index contributed by atoms with van der Waals surface area (Å²) in [5.74, 6) is -1.34. The molecule has 100 valence electrons. The van der Waals surface area contributed by atoms with Crippen molar-refractivity contribution in [1.82, 2.24) is 5.48 Å². The number of carboxylic acids is 1. The van der Waals surface area contributed by atoms with Crippen LogP contribution in [0.1, 0.15) is 25.7 Å². The summed E-state index contributed by atoms with van der Waals surface area (Å²) in [5, 5.41) is 8.29. The number of ether oxygens (including phenoxy) is 1. The van der Waals surface area contributed by atoms with E-state index in [9.17, 15) is 9.59 Å². The van der Waals surface area contributed by atoms with Crippen molar-refractivity contribution in [3.63, 3.8) is 0 Å². The van der Waals surface area contributed by atoms with Gasteiger partial charge in [0.25, 0.3) is 0 Å². The van der Waals surface area contributed by atoms with Crippen LogP contribution in [0, 0.1) is 0 Å². The number of carboxylic acid groups (broad SMARTS) is 1. The van der Waals surface area contributed by atoms with Gasteiger partial charge in [0.05, 0.1) is 19.8 Å². The van der Waals surface area contributed by atoms with Gasteiger partial charge in [0.15, 0.2) is 0 Å². The van der Waals surface area contributed by atoms with Crippen LogP contribution in [-0.2, 0) is 19.2 Å². The third kappa shape index (κ3) is 12.8. The van der Waals surface area contributed by atoms with E-state index < -0.39 is 5.97 Å². The van der Waals surface area contributed by atoms with E-state index in [4.69, 9.17) is 20.4 Å². The van der Waals surface area contributed by atoms with E-state index in [-0.39, 0.29) is 19.1 Å². The zero-order valence-corrected chi connectivity index (χ0v) is 9.81. The fourth-order valence-corrected chi connectivity index (χ4v) is 1.06. The summed E-state index contributed by atoms with van der Waals surface area (Å²) in [5.41, 5.74) is 7.39. The van der Waals surface area contributed by atoms with E-state index in [1.165, 1.54) is 0 Å². The third-order valence-corrected chi connectivity index (χ3v) is 1.90. The molecule has 0 saturated heterocycles. The van der Waals surface area contributed by atoms with Crippen LogP contribution in [0.25, 0.3) is 0 Å². The molecule has 0 amide bonds. The summed E-state index contributed by atoms with van der Waals surface area (Å²) in [6.45, 7) is 0.585. The molecule has 0 heterocycles. The van der Waals surface area contributed by atoms with Crippen molar-refractivity contribution in [3.8, 4) is 0 Å². The van der Waals surface area contributed by atoms with Crippen LogP contribution in [-0.4, -0.2) is 43.3 Å². The highest BCUT2D eigenvalue weighted by atomic mass is 16.6. The van der Waals surface area contributed by atoms with Gasteiger partial charge in [0.2, 0.25) is 0 Å². The first-order valence-corrected chi connectivity index (χ1v) is 5.59. The van der Waals surface area contributed by atoms with Crippen molar-refractivity contribution in [3.05, 3.63) is 0 Å².